The number of nitrogens with zero attached hydrogens (tertiary/aromatic N) is 1. The standard InChI is InChI=1S/C14H14ClNO/c1-10(2)11-6-8-12(9-7-11)17-14-5-3-4-13(15)16-14/h3-10H,1-2H3. The van der Waals surface area contributed by atoms with Crippen LogP contribution in [0.3, 0.4) is 0 Å². The Hall–Kier alpha value is -1.54. The zero-order valence-corrected chi connectivity index (χ0v) is 10.6. The fraction of sp³-hybridized carbons (Fsp3) is 0.214. The minimum absolute atomic E-state index is 0.432. The van der Waals surface area contributed by atoms with Crippen molar-refractivity contribution in [2.45, 2.75) is 19.8 Å². The van der Waals surface area contributed by atoms with Crippen LogP contribution in [0.2, 0.25) is 5.15 Å². The van der Waals surface area contributed by atoms with Crippen molar-refractivity contribution in [3.63, 3.8) is 0 Å². The summed E-state index contributed by atoms with van der Waals surface area (Å²) >= 11 is 5.79. The van der Waals surface area contributed by atoms with Gasteiger partial charge in [-0.15, -0.1) is 0 Å². The summed E-state index contributed by atoms with van der Waals surface area (Å²) < 4.78 is 5.60. The Balaban J connectivity index is 2.14. The summed E-state index contributed by atoms with van der Waals surface area (Å²) in [7, 11) is 0. The van der Waals surface area contributed by atoms with Gasteiger partial charge in [-0.25, -0.2) is 4.98 Å². The van der Waals surface area contributed by atoms with Crippen molar-refractivity contribution in [1.29, 1.82) is 0 Å². The Labute approximate surface area is 106 Å². The van der Waals surface area contributed by atoms with Crippen LogP contribution >= 0.6 is 11.6 Å². The third-order valence-electron chi connectivity index (χ3n) is 2.46. The molecule has 0 aliphatic carbocycles. The molecule has 0 saturated carbocycles. The maximum atomic E-state index is 5.79. The lowest BCUT2D eigenvalue weighted by molar-refractivity contribution is 0.463. The monoisotopic (exact) mass is 247 g/mol. The molecular formula is C14H14ClNO. The molecule has 0 atom stereocenters. The van der Waals surface area contributed by atoms with E-state index in [9.17, 15) is 0 Å². The van der Waals surface area contributed by atoms with E-state index in [4.69, 9.17) is 16.3 Å². The van der Waals surface area contributed by atoms with Crippen molar-refractivity contribution in [2.75, 3.05) is 0 Å². The number of halogens is 1. The Kier molecular flexibility index (Phi) is 3.64. The molecule has 0 unspecified atom stereocenters. The van der Waals surface area contributed by atoms with Gasteiger partial charge in [-0.05, 0) is 29.7 Å². The minimum Gasteiger partial charge on any atom is -0.439 e. The second-order valence-electron chi connectivity index (χ2n) is 4.12. The average Bonchev–Trinajstić information content (AvgIpc) is 2.29. The maximum absolute atomic E-state index is 5.79. The molecule has 2 rings (SSSR count). The summed E-state index contributed by atoms with van der Waals surface area (Å²) in [5.41, 5.74) is 1.29. The van der Waals surface area contributed by atoms with Crippen LogP contribution in [0.5, 0.6) is 11.6 Å². The molecule has 17 heavy (non-hydrogen) atoms. The predicted octanol–water partition coefficient (Wildman–Crippen LogP) is 4.65. The highest BCUT2D eigenvalue weighted by atomic mass is 35.5. The van der Waals surface area contributed by atoms with Crippen molar-refractivity contribution in [3.8, 4) is 11.6 Å². The van der Waals surface area contributed by atoms with Crippen LogP contribution < -0.4 is 4.74 Å². The molecule has 0 saturated heterocycles. The van der Waals surface area contributed by atoms with E-state index in [2.05, 4.69) is 31.0 Å². The van der Waals surface area contributed by atoms with E-state index in [1.54, 1.807) is 12.1 Å². The first kappa shape index (κ1) is 11.9. The quantitative estimate of drug-likeness (QED) is 0.737. The average molecular weight is 248 g/mol. The number of ether oxygens (including phenoxy) is 1. The first-order valence-electron chi connectivity index (χ1n) is 5.55. The van der Waals surface area contributed by atoms with Gasteiger partial charge in [-0.1, -0.05) is 43.6 Å². The third-order valence-corrected chi connectivity index (χ3v) is 2.67. The fourth-order valence-corrected chi connectivity index (χ4v) is 1.64. The van der Waals surface area contributed by atoms with Crippen molar-refractivity contribution >= 4 is 11.6 Å². The molecule has 0 amide bonds. The Morgan fingerprint density at radius 1 is 1.06 bits per heavy atom. The van der Waals surface area contributed by atoms with Crippen LogP contribution in [-0.2, 0) is 0 Å². The Bertz CT molecular complexity index is 494. The summed E-state index contributed by atoms with van der Waals surface area (Å²) in [6, 6.07) is 13.3. The van der Waals surface area contributed by atoms with Gasteiger partial charge >= 0.3 is 0 Å². The third kappa shape index (κ3) is 3.21. The van der Waals surface area contributed by atoms with E-state index >= 15 is 0 Å². The molecule has 2 aromatic rings. The molecule has 3 heteroatoms. The first-order chi connectivity index (χ1) is 8.15. The normalized spacial score (nSPS) is 10.6. The number of hydrogen-bond acceptors (Lipinski definition) is 2. The van der Waals surface area contributed by atoms with E-state index in [1.165, 1.54) is 5.56 Å². The number of benzene rings is 1. The van der Waals surface area contributed by atoms with Gasteiger partial charge in [0.25, 0.3) is 0 Å². The summed E-state index contributed by atoms with van der Waals surface area (Å²) in [6.45, 7) is 4.32. The minimum atomic E-state index is 0.432. The number of hydrogen-bond donors (Lipinski definition) is 0. The molecule has 1 aromatic heterocycles. The van der Waals surface area contributed by atoms with Crippen LogP contribution in [0.4, 0.5) is 0 Å². The van der Waals surface area contributed by atoms with Gasteiger partial charge in [0, 0.05) is 6.07 Å². The molecule has 0 aliphatic heterocycles. The SMILES string of the molecule is CC(C)c1ccc(Oc2cccc(Cl)n2)cc1. The molecule has 2 nitrogen and oxygen atoms in total. The van der Waals surface area contributed by atoms with Crippen LogP contribution in [-0.4, -0.2) is 4.98 Å². The summed E-state index contributed by atoms with van der Waals surface area (Å²) in [6.07, 6.45) is 0. The second-order valence-corrected chi connectivity index (χ2v) is 4.51. The summed E-state index contributed by atoms with van der Waals surface area (Å²) in [4.78, 5) is 4.07. The largest absolute Gasteiger partial charge is 0.439 e. The predicted molar refractivity (Wildman–Crippen MR) is 69.9 cm³/mol. The zero-order valence-electron chi connectivity index (χ0n) is 9.85. The number of rotatable bonds is 3. The summed E-state index contributed by atoms with van der Waals surface area (Å²) in [5.74, 6) is 1.80. The van der Waals surface area contributed by atoms with Gasteiger partial charge in [-0.2, -0.15) is 0 Å². The van der Waals surface area contributed by atoms with Gasteiger partial charge < -0.3 is 4.74 Å². The molecular weight excluding hydrogens is 234 g/mol. The first-order valence-corrected chi connectivity index (χ1v) is 5.93. The van der Waals surface area contributed by atoms with Crippen molar-refractivity contribution in [1.82, 2.24) is 4.98 Å². The van der Waals surface area contributed by atoms with Crippen LogP contribution in [0.15, 0.2) is 42.5 Å². The van der Waals surface area contributed by atoms with Gasteiger partial charge in [0.15, 0.2) is 0 Å². The molecule has 0 bridgehead atoms. The van der Waals surface area contributed by atoms with E-state index in [0.29, 0.717) is 17.0 Å². The van der Waals surface area contributed by atoms with Gasteiger partial charge in [-0.3, -0.25) is 0 Å². The fourth-order valence-electron chi connectivity index (χ4n) is 1.49. The van der Waals surface area contributed by atoms with E-state index < -0.39 is 0 Å². The molecule has 0 aliphatic rings. The molecule has 1 aromatic carbocycles. The zero-order chi connectivity index (χ0) is 12.3. The lowest BCUT2D eigenvalue weighted by Gasteiger charge is -2.07. The topological polar surface area (TPSA) is 22.1 Å². The van der Waals surface area contributed by atoms with Crippen molar-refractivity contribution in [3.05, 3.63) is 53.2 Å². The molecule has 88 valence electrons. The molecule has 0 N–H and O–H groups in total. The molecule has 0 spiro atoms. The number of aromatic nitrogens is 1. The van der Waals surface area contributed by atoms with Crippen LogP contribution in [0, 0.1) is 0 Å². The Morgan fingerprint density at radius 2 is 1.76 bits per heavy atom. The number of pyridine rings is 1. The lowest BCUT2D eigenvalue weighted by atomic mass is 10.0. The van der Waals surface area contributed by atoms with Crippen molar-refractivity contribution in [2.24, 2.45) is 0 Å². The van der Waals surface area contributed by atoms with Gasteiger partial charge in [0.05, 0.1) is 0 Å². The van der Waals surface area contributed by atoms with Gasteiger partial charge in [0.2, 0.25) is 5.88 Å². The summed E-state index contributed by atoms with van der Waals surface area (Å²) in [5, 5.41) is 0.432. The molecule has 0 radical (unpaired) electrons. The van der Waals surface area contributed by atoms with E-state index in [1.807, 2.05) is 18.2 Å². The molecule has 0 fully saturated rings. The van der Waals surface area contributed by atoms with Crippen LogP contribution in [0.25, 0.3) is 0 Å². The van der Waals surface area contributed by atoms with E-state index in [-0.39, 0.29) is 0 Å². The lowest BCUT2D eigenvalue weighted by Crippen LogP contribution is -1.90. The van der Waals surface area contributed by atoms with E-state index in [0.717, 1.165) is 5.75 Å². The highest BCUT2D eigenvalue weighted by Gasteiger charge is 2.01. The van der Waals surface area contributed by atoms with Crippen molar-refractivity contribution < 1.29 is 4.74 Å². The van der Waals surface area contributed by atoms with Crippen LogP contribution in [0.1, 0.15) is 25.3 Å². The highest BCUT2D eigenvalue weighted by Crippen LogP contribution is 2.23. The maximum Gasteiger partial charge on any atom is 0.220 e. The smallest absolute Gasteiger partial charge is 0.220 e. The molecule has 1 heterocycles. The second kappa shape index (κ2) is 5.19. The highest BCUT2D eigenvalue weighted by molar-refractivity contribution is 6.29. The Morgan fingerprint density at radius 3 is 2.35 bits per heavy atom. The van der Waals surface area contributed by atoms with Gasteiger partial charge in [0.1, 0.15) is 10.9 Å².